The molecule has 4 heteroatoms. The quantitative estimate of drug-likeness (QED) is 0.888. The number of nitrogens with one attached hydrogen (secondary N) is 1. The lowest BCUT2D eigenvalue weighted by Crippen LogP contribution is -2.29. The molecule has 0 amide bonds. The number of fused-ring (bicyclic) bond motifs is 1. The van der Waals surface area contributed by atoms with Gasteiger partial charge in [0.05, 0.1) is 0 Å². The van der Waals surface area contributed by atoms with Gasteiger partial charge in [-0.25, -0.2) is 0 Å². The highest BCUT2D eigenvalue weighted by atomic mass is 79.9. The summed E-state index contributed by atoms with van der Waals surface area (Å²) in [5.74, 6) is 2.85. The minimum Gasteiger partial charge on any atom is -0.486 e. The van der Waals surface area contributed by atoms with Gasteiger partial charge >= 0.3 is 0 Å². The third kappa shape index (κ3) is 2.56. The highest BCUT2D eigenvalue weighted by Crippen LogP contribution is 2.47. The number of rotatable bonds is 2. The van der Waals surface area contributed by atoms with Crippen LogP contribution in [-0.4, -0.2) is 26.3 Å². The molecule has 20 heavy (non-hydrogen) atoms. The molecule has 0 saturated carbocycles. The van der Waals surface area contributed by atoms with Crippen molar-refractivity contribution in [2.24, 2.45) is 0 Å². The average molecular weight is 340 g/mol. The van der Waals surface area contributed by atoms with Crippen LogP contribution in [0.3, 0.4) is 0 Å². The number of ether oxygens (including phenoxy) is 2. The van der Waals surface area contributed by atoms with Crippen molar-refractivity contribution in [3.8, 4) is 11.5 Å². The molecular formula is C16H22BrNO2. The van der Waals surface area contributed by atoms with Crippen molar-refractivity contribution < 1.29 is 9.47 Å². The SMILES string of the molecule is CC(C)c1c2c(cc(Br)c1C1CCCNC1)OCCO2. The Morgan fingerprint density at radius 3 is 2.80 bits per heavy atom. The first kappa shape index (κ1) is 14.2. The monoisotopic (exact) mass is 339 g/mol. The maximum atomic E-state index is 5.94. The highest BCUT2D eigenvalue weighted by molar-refractivity contribution is 9.10. The van der Waals surface area contributed by atoms with Crippen molar-refractivity contribution >= 4 is 15.9 Å². The molecule has 1 N–H and O–H groups in total. The van der Waals surface area contributed by atoms with Crippen LogP contribution >= 0.6 is 15.9 Å². The maximum absolute atomic E-state index is 5.94. The Balaban J connectivity index is 2.11. The molecule has 1 aromatic rings. The highest BCUT2D eigenvalue weighted by Gasteiger charge is 2.28. The molecule has 110 valence electrons. The van der Waals surface area contributed by atoms with Crippen LogP contribution in [-0.2, 0) is 0 Å². The third-order valence-corrected chi connectivity index (χ3v) is 4.80. The van der Waals surface area contributed by atoms with Crippen LogP contribution in [0.4, 0.5) is 0 Å². The molecule has 2 heterocycles. The molecule has 0 spiro atoms. The molecule has 1 saturated heterocycles. The Bertz CT molecular complexity index is 496. The second kappa shape index (κ2) is 5.94. The van der Waals surface area contributed by atoms with Crippen molar-refractivity contribution in [3.63, 3.8) is 0 Å². The van der Waals surface area contributed by atoms with Gasteiger partial charge < -0.3 is 14.8 Å². The van der Waals surface area contributed by atoms with E-state index in [2.05, 4.69) is 41.2 Å². The van der Waals surface area contributed by atoms with E-state index in [0.29, 0.717) is 25.0 Å². The van der Waals surface area contributed by atoms with Gasteiger partial charge in [-0.05, 0) is 42.9 Å². The Morgan fingerprint density at radius 1 is 1.30 bits per heavy atom. The van der Waals surface area contributed by atoms with Crippen molar-refractivity contribution in [1.82, 2.24) is 5.32 Å². The van der Waals surface area contributed by atoms with Crippen LogP contribution in [0.25, 0.3) is 0 Å². The average Bonchev–Trinajstić information content (AvgIpc) is 2.46. The molecule has 0 aromatic heterocycles. The third-order valence-electron chi connectivity index (χ3n) is 4.14. The summed E-state index contributed by atoms with van der Waals surface area (Å²) in [7, 11) is 0. The van der Waals surface area contributed by atoms with Gasteiger partial charge in [0.25, 0.3) is 0 Å². The topological polar surface area (TPSA) is 30.5 Å². The molecule has 1 atom stereocenters. The zero-order valence-corrected chi connectivity index (χ0v) is 13.8. The minimum atomic E-state index is 0.430. The molecule has 0 bridgehead atoms. The Hall–Kier alpha value is -0.740. The predicted molar refractivity (Wildman–Crippen MR) is 84.1 cm³/mol. The molecule has 3 nitrogen and oxygen atoms in total. The first-order chi connectivity index (χ1) is 9.68. The van der Waals surface area contributed by atoms with E-state index in [9.17, 15) is 0 Å². The molecule has 1 unspecified atom stereocenters. The molecule has 1 fully saturated rings. The van der Waals surface area contributed by atoms with E-state index < -0.39 is 0 Å². The van der Waals surface area contributed by atoms with E-state index in [1.165, 1.54) is 28.4 Å². The first-order valence-electron chi connectivity index (χ1n) is 7.51. The number of halogens is 1. The van der Waals surface area contributed by atoms with Gasteiger partial charge in [-0.2, -0.15) is 0 Å². The summed E-state index contributed by atoms with van der Waals surface area (Å²) in [6, 6.07) is 2.09. The van der Waals surface area contributed by atoms with Gasteiger partial charge in [-0.3, -0.25) is 0 Å². The van der Waals surface area contributed by atoms with E-state index in [-0.39, 0.29) is 0 Å². The lowest BCUT2D eigenvalue weighted by atomic mass is 9.84. The second-order valence-corrected chi connectivity index (χ2v) is 6.76. The minimum absolute atomic E-state index is 0.430. The summed E-state index contributed by atoms with van der Waals surface area (Å²) < 4.78 is 12.9. The molecule has 2 aliphatic heterocycles. The largest absolute Gasteiger partial charge is 0.486 e. The van der Waals surface area contributed by atoms with Crippen LogP contribution in [0.2, 0.25) is 0 Å². The zero-order chi connectivity index (χ0) is 14.1. The molecule has 1 aromatic carbocycles. The summed E-state index contributed by atoms with van der Waals surface area (Å²) in [4.78, 5) is 0. The van der Waals surface area contributed by atoms with Gasteiger partial charge in [-0.15, -0.1) is 0 Å². The maximum Gasteiger partial charge on any atom is 0.165 e. The summed E-state index contributed by atoms with van der Waals surface area (Å²) in [5, 5.41) is 3.51. The van der Waals surface area contributed by atoms with Crippen LogP contribution in [0.1, 0.15) is 49.7 Å². The van der Waals surface area contributed by atoms with Crippen LogP contribution < -0.4 is 14.8 Å². The van der Waals surface area contributed by atoms with E-state index in [1.54, 1.807) is 0 Å². The van der Waals surface area contributed by atoms with E-state index in [1.807, 2.05) is 0 Å². The van der Waals surface area contributed by atoms with E-state index >= 15 is 0 Å². The fourth-order valence-electron chi connectivity index (χ4n) is 3.28. The summed E-state index contributed by atoms with van der Waals surface area (Å²) >= 11 is 3.77. The van der Waals surface area contributed by atoms with Crippen molar-refractivity contribution in [1.29, 1.82) is 0 Å². The van der Waals surface area contributed by atoms with Crippen molar-refractivity contribution in [2.45, 2.75) is 38.5 Å². The van der Waals surface area contributed by atoms with Crippen LogP contribution in [0.5, 0.6) is 11.5 Å². The fraction of sp³-hybridized carbons (Fsp3) is 0.625. The number of benzene rings is 1. The smallest absolute Gasteiger partial charge is 0.165 e. The van der Waals surface area contributed by atoms with Gasteiger partial charge in [-0.1, -0.05) is 29.8 Å². The predicted octanol–water partition coefficient (Wildman–Crippen LogP) is 3.81. The second-order valence-electron chi connectivity index (χ2n) is 5.91. The number of piperidine rings is 1. The number of hydrogen-bond acceptors (Lipinski definition) is 3. The van der Waals surface area contributed by atoms with Crippen molar-refractivity contribution in [3.05, 3.63) is 21.7 Å². The molecule has 0 radical (unpaired) electrons. The van der Waals surface area contributed by atoms with Gasteiger partial charge in [0.2, 0.25) is 0 Å². The standard InChI is InChI=1S/C16H22BrNO2/c1-10(2)14-15(11-4-3-5-18-9-11)12(17)8-13-16(14)20-7-6-19-13/h8,10-11,18H,3-7,9H2,1-2H3. The zero-order valence-electron chi connectivity index (χ0n) is 12.2. The molecule has 2 aliphatic rings. The normalized spacial score (nSPS) is 22.1. The molecule has 3 rings (SSSR count). The Labute approximate surface area is 129 Å². The summed E-state index contributed by atoms with van der Waals surface area (Å²) in [6.45, 7) is 7.95. The number of hydrogen-bond donors (Lipinski definition) is 1. The fourth-order valence-corrected chi connectivity index (χ4v) is 4.03. The molecule has 0 aliphatic carbocycles. The van der Waals surface area contributed by atoms with E-state index in [4.69, 9.17) is 9.47 Å². The molecular weight excluding hydrogens is 318 g/mol. The van der Waals surface area contributed by atoms with Gasteiger partial charge in [0, 0.05) is 16.6 Å². The lowest BCUT2D eigenvalue weighted by molar-refractivity contribution is 0.169. The Morgan fingerprint density at radius 2 is 2.10 bits per heavy atom. The first-order valence-corrected chi connectivity index (χ1v) is 8.30. The van der Waals surface area contributed by atoms with Gasteiger partial charge in [0.1, 0.15) is 13.2 Å². The summed E-state index contributed by atoms with van der Waals surface area (Å²) in [5.41, 5.74) is 2.74. The van der Waals surface area contributed by atoms with E-state index in [0.717, 1.165) is 24.6 Å². The lowest BCUT2D eigenvalue weighted by Gasteiger charge is -2.31. The van der Waals surface area contributed by atoms with Crippen LogP contribution in [0.15, 0.2) is 10.5 Å². The van der Waals surface area contributed by atoms with Crippen LogP contribution in [0, 0.1) is 0 Å². The Kier molecular flexibility index (Phi) is 4.22. The van der Waals surface area contributed by atoms with Gasteiger partial charge in [0.15, 0.2) is 11.5 Å². The van der Waals surface area contributed by atoms with Crippen molar-refractivity contribution in [2.75, 3.05) is 26.3 Å². The summed E-state index contributed by atoms with van der Waals surface area (Å²) in [6.07, 6.45) is 2.48.